The van der Waals surface area contributed by atoms with Crippen LogP contribution in [0.2, 0.25) is 0 Å². The molecule has 3 N–H and O–H groups in total. The second-order valence-corrected chi connectivity index (χ2v) is 6.50. The van der Waals surface area contributed by atoms with Crippen molar-refractivity contribution in [3.05, 3.63) is 47.0 Å². The molecule has 2 aromatic rings. The van der Waals surface area contributed by atoms with Crippen LogP contribution in [0.3, 0.4) is 0 Å². The lowest BCUT2D eigenvalue weighted by Gasteiger charge is -2.08. The number of amides is 3. The Balaban J connectivity index is 1.82. The van der Waals surface area contributed by atoms with Gasteiger partial charge in [-0.2, -0.15) is 0 Å². The zero-order valence-corrected chi connectivity index (χ0v) is 14.9. The van der Waals surface area contributed by atoms with Crippen molar-refractivity contribution in [3.63, 3.8) is 0 Å². The molecule has 0 aliphatic heterocycles. The molecule has 1 aromatic carbocycles. The van der Waals surface area contributed by atoms with Crippen molar-refractivity contribution in [2.75, 3.05) is 11.9 Å². The van der Waals surface area contributed by atoms with E-state index in [1.54, 1.807) is 29.6 Å². The van der Waals surface area contributed by atoms with Crippen molar-refractivity contribution in [2.24, 2.45) is 0 Å². The highest BCUT2D eigenvalue weighted by Gasteiger charge is 2.12. The SMILES string of the molecule is CC(C)NC(=O)CNC(=O)Cc1csc(NC(=O)c2ccccc2)n1. The molecule has 25 heavy (non-hydrogen) atoms. The number of nitrogens with one attached hydrogen (secondary N) is 3. The van der Waals surface area contributed by atoms with Crippen LogP contribution in [0.1, 0.15) is 29.9 Å². The first-order valence-electron chi connectivity index (χ1n) is 7.81. The van der Waals surface area contributed by atoms with E-state index in [1.807, 2.05) is 19.9 Å². The molecule has 7 nitrogen and oxygen atoms in total. The summed E-state index contributed by atoms with van der Waals surface area (Å²) in [6.45, 7) is 3.62. The molecule has 2 rings (SSSR count). The molecule has 132 valence electrons. The fourth-order valence-electron chi connectivity index (χ4n) is 1.98. The Labute approximate surface area is 149 Å². The van der Waals surface area contributed by atoms with Gasteiger partial charge in [-0.15, -0.1) is 11.3 Å². The van der Waals surface area contributed by atoms with Crippen LogP contribution in [0.4, 0.5) is 5.13 Å². The maximum atomic E-state index is 12.0. The number of nitrogens with zero attached hydrogens (tertiary/aromatic N) is 1. The van der Waals surface area contributed by atoms with Gasteiger partial charge >= 0.3 is 0 Å². The van der Waals surface area contributed by atoms with Gasteiger partial charge in [0.05, 0.1) is 18.7 Å². The fraction of sp³-hybridized carbons (Fsp3) is 0.294. The molecular formula is C17H20N4O3S. The van der Waals surface area contributed by atoms with Crippen LogP contribution >= 0.6 is 11.3 Å². The van der Waals surface area contributed by atoms with Crippen LogP contribution < -0.4 is 16.0 Å². The molecule has 0 aliphatic rings. The summed E-state index contributed by atoms with van der Waals surface area (Å²) in [5, 5.41) is 10.1. The number of anilines is 1. The molecule has 8 heteroatoms. The second kappa shape index (κ2) is 8.93. The van der Waals surface area contributed by atoms with Gasteiger partial charge in [-0.25, -0.2) is 4.98 Å². The second-order valence-electron chi connectivity index (χ2n) is 5.64. The Kier molecular flexibility index (Phi) is 6.64. The summed E-state index contributed by atoms with van der Waals surface area (Å²) in [6, 6.07) is 8.83. The molecule has 0 spiro atoms. The minimum absolute atomic E-state index is 0.0266. The molecule has 3 amide bonds. The molecule has 0 unspecified atom stereocenters. The Morgan fingerprint density at radius 2 is 1.84 bits per heavy atom. The van der Waals surface area contributed by atoms with Crippen molar-refractivity contribution >= 4 is 34.2 Å². The van der Waals surface area contributed by atoms with Gasteiger partial charge < -0.3 is 10.6 Å². The number of thiazole rings is 1. The molecule has 0 fully saturated rings. The minimum Gasteiger partial charge on any atom is -0.352 e. The van der Waals surface area contributed by atoms with Crippen molar-refractivity contribution in [3.8, 4) is 0 Å². The van der Waals surface area contributed by atoms with Crippen LogP contribution in [0.15, 0.2) is 35.7 Å². The Morgan fingerprint density at radius 1 is 1.12 bits per heavy atom. The van der Waals surface area contributed by atoms with Gasteiger partial charge in [0.15, 0.2) is 5.13 Å². The average Bonchev–Trinajstić information content (AvgIpc) is 3.00. The van der Waals surface area contributed by atoms with E-state index >= 15 is 0 Å². The predicted octanol–water partition coefficient (Wildman–Crippen LogP) is 1.58. The van der Waals surface area contributed by atoms with Gasteiger partial charge in [0.2, 0.25) is 11.8 Å². The van der Waals surface area contributed by atoms with Crippen LogP contribution in [-0.2, 0) is 16.0 Å². The van der Waals surface area contributed by atoms with Gasteiger partial charge in [0.25, 0.3) is 5.91 Å². The average molecular weight is 360 g/mol. The molecule has 0 saturated heterocycles. The van der Waals surface area contributed by atoms with Crippen LogP contribution in [0.5, 0.6) is 0 Å². The zero-order chi connectivity index (χ0) is 18.2. The number of hydrogen-bond acceptors (Lipinski definition) is 5. The monoisotopic (exact) mass is 360 g/mol. The largest absolute Gasteiger partial charge is 0.352 e. The van der Waals surface area contributed by atoms with E-state index in [-0.39, 0.29) is 36.7 Å². The van der Waals surface area contributed by atoms with E-state index in [1.165, 1.54) is 11.3 Å². The predicted molar refractivity (Wildman–Crippen MR) is 96.5 cm³/mol. The first kappa shape index (κ1) is 18.6. The Hall–Kier alpha value is -2.74. The smallest absolute Gasteiger partial charge is 0.257 e. The van der Waals surface area contributed by atoms with Gasteiger partial charge in [-0.1, -0.05) is 18.2 Å². The molecule has 0 bridgehead atoms. The van der Waals surface area contributed by atoms with E-state index in [9.17, 15) is 14.4 Å². The van der Waals surface area contributed by atoms with Crippen molar-refractivity contribution in [2.45, 2.75) is 26.3 Å². The summed E-state index contributed by atoms with van der Waals surface area (Å²) in [7, 11) is 0. The highest BCUT2D eigenvalue weighted by molar-refractivity contribution is 7.14. The Morgan fingerprint density at radius 3 is 2.52 bits per heavy atom. The number of carbonyl (C=O) groups is 3. The van der Waals surface area contributed by atoms with Gasteiger partial charge in [-0.3, -0.25) is 19.7 Å². The molecular weight excluding hydrogens is 340 g/mol. The maximum Gasteiger partial charge on any atom is 0.257 e. The minimum atomic E-state index is -0.301. The van der Waals surface area contributed by atoms with Gasteiger partial charge in [0, 0.05) is 17.0 Å². The van der Waals surface area contributed by atoms with E-state index in [2.05, 4.69) is 20.9 Å². The first-order valence-corrected chi connectivity index (χ1v) is 8.69. The van der Waals surface area contributed by atoms with E-state index in [4.69, 9.17) is 0 Å². The summed E-state index contributed by atoms with van der Waals surface area (Å²) >= 11 is 1.24. The number of benzene rings is 1. The molecule has 0 saturated carbocycles. The first-order chi connectivity index (χ1) is 11.9. The van der Waals surface area contributed by atoms with E-state index in [0.29, 0.717) is 16.4 Å². The van der Waals surface area contributed by atoms with Crippen molar-refractivity contribution < 1.29 is 14.4 Å². The standard InChI is InChI=1S/C17H20N4O3S/c1-11(2)19-15(23)9-18-14(22)8-13-10-25-17(20-13)21-16(24)12-6-4-3-5-7-12/h3-7,10-11H,8-9H2,1-2H3,(H,18,22)(H,19,23)(H,20,21,24). The number of carbonyl (C=O) groups excluding carboxylic acids is 3. The quantitative estimate of drug-likeness (QED) is 0.698. The highest BCUT2D eigenvalue weighted by atomic mass is 32.1. The summed E-state index contributed by atoms with van der Waals surface area (Å²) in [6.07, 6.45) is 0.0483. The summed E-state index contributed by atoms with van der Waals surface area (Å²) < 4.78 is 0. The van der Waals surface area contributed by atoms with E-state index < -0.39 is 0 Å². The normalized spacial score (nSPS) is 10.4. The molecule has 0 radical (unpaired) electrons. The van der Waals surface area contributed by atoms with Crippen LogP contribution in [-0.4, -0.2) is 35.3 Å². The van der Waals surface area contributed by atoms with Crippen LogP contribution in [0.25, 0.3) is 0 Å². The van der Waals surface area contributed by atoms with Crippen molar-refractivity contribution in [1.29, 1.82) is 0 Å². The van der Waals surface area contributed by atoms with Crippen LogP contribution in [0, 0.1) is 0 Å². The zero-order valence-electron chi connectivity index (χ0n) is 14.0. The number of rotatable bonds is 7. The highest BCUT2D eigenvalue weighted by Crippen LogP contribution is 2.16. The Bertz CT molecular complexity index is 743. The number of hydrogen-bond donors (Lipinski definition) is 3. The molecule has 1 aromatic heterocycles. The molecule has 1 heterocycles. The topological polar surface area (TPSA) is 100 Å². The third-order valence-electron chi connectivity index (χ3n) is 3.05. The van der Waals surface area contributed by atoms with Gasteiger partial charge in [0.1, 0.15) is 0 Å². The molecule has 0 aliphatic carbocycles. The lowest BCUT2D eigenvalue weighted by Crippen LogP contribution is -2.40. The number of aromatic nitrogens is 1. The summed E-state index contributed by atoms with van der Waals surface area (Å²) in [4.78, 5) is 39.6. The van der Waals surface area contributed by atoms with Crippen molar-refractivity contribution in [1.82, 2.24) is 15.6 Å². The lowest BCUT2D eigenvalue weighted by molar-refractivity contribution is -0.126. The van der Waals surface area contributed by atoms with Gasteiger partial charge in [-0.05, 0) is 26.0 Å². The van der Waals surface area contributed by atoms with E-state index in [0.717, 1.165) is 0 Å². The summed E-state index contributed by atoms with van der Waals surface area (Å²) in [5.74, 6) is -0.793. The summed E-state index contributed by atoms with van der Waals surface area (Å²) in [5.41, 5.74) is 1.07. The molecule has 0 atom stereocenters. The maximum absolute atomic E-state index is 12.0. The third-order valence-corrected chi connectivity index (χ3v) is 3.85. The lowest BCUT2D eigenvalue weighted by atomic mass is 10.2. The third kappa shape index (κ3) is 6.34. The fourth-order valence-corrected chi connectivity index (χ4v) is 2.69.